The van der Waals surface area contributed by atoms with E-state index in [0.717, 1.165) is 22.6 Å². The molecule has 0 saturated heterocycles. The lowest BCUT2D eigenvalue weighted by molar-refractivity contribution is 0.144. The fraction of sp³-hybridized carbons (Fsp3) is 0.571. The fourth-order valence-corrected chi connectivity index (χ4v) is 2.93. The molecule has 1 aromatic carbocycles. The molecule has 1 nitrogen and oxygen atoms in total. The van der Waals surface area contributed by atoms with Crippen molar-refractivity contribution >= 4 is 11.6 Å². The Balaban J connectivity index is 2.04. The lowest BCUT2D eigenvalue weighted by Gasteiger charge is -2.17. The molecule has 0 aromatic heterocycles. The first-order valence-electron chi connectivity index (χ1n) is 6.11. The van der Waals surface area contributed by atoms with Crippen molar-refractivity contribution in [3.8, 4) is 0 Å². The Kier molecular flexibility index (Phi) is 3.88. The van der Waals surface area contributed by atoms with Crippen LogP contribution in [0.15, 0.2) is 18.2 Å². The molecule has 0 spiro atoms. The number of aliphatic hydroxyl groups is 1. The van der Waals surface area contributed by atoms with Gasteiger partial charge in [0, 0.05) is 5.02 Å². The maximum absolute atomic E-state index is 10.2. The smallest absolute Gasteiger partial charge is 0.0795 e. The zero-order valence-electron chi connectivity index (χ0n) is 9.75. The van der Waals surface area contributed by atoms with Gasteiger partial charge in [0.1, 0.15) is 0 Å². The minimum Gasteiger partial charge on any atom is -0.388 e. The van der Waals surface area contributed by atoms with E-state index in [0.29, 0.717) is 5.92 Å². The summed E-state index contributed by atoms with van der Waals surface area (Å²) in [7, 11) is 0. The van der Waals surface area contributed by atoms with Crippen molar-refractivity contribution in [2.75, 3.05) is 0 Å². The number of halogens is 1. The predicted molar refractivity (Wildman–Crippen MR) is 67.7 cm³/mol. The molecule has 0 aliphatic heterocycles. The van der Waals surface area contributed by atoms with E-state index in [4.69, 9.17) is 11.6 Å². The third-order valence-corrected chi connectivity index (χ3v) is 3.86. The quantitative estimate of drug-likeness (QED) is 0.834. The van der Waals surface area contributed by atoms with Crippen molar-refractivity contribution in [2.24, 2.45) is 5.92 Å². The van der Waals surface area contributed by atoms with E-state index in [1.54, 1.807) is 0 Å². The Morgan fingerprint density at radius 1 is 1.38 bits per heavy atom. The summed E-state index contributed by atoms with van der Waals surface area (Å²) >= 11 is 5.91. The van der Waals surface area contributed by atoms with E-state index in [-0.39, 0.29) is 6.10 Å². The minimum absolute atomic E-state index is 0.319. The van der Waals surface area contributed by atoms with Gasteiger partial charge in [-0.15, -0.1) is 0 Å². The van der Waals surface area contributed by atoms with Gasteiger partial charge in [-0.25, -0.2) is 0 Å². The zero-order valence-corrected chi connectivity index (χ0v) is 10.5. The first kappa shape index (κ1) is 11.9. The summed E-state index contributed by atoms with van der Waals surface area (Å²) in [6, 6.07) is 5.74. The maximum atomic E-state index is 10.2. The molecule has 0 heterocycles. The van der Waals surface area contributed by atoms with Crippen LogP contribution < -0.4 is 0 Å². The van der Waals surface area contributed by atoms with Gasteiger partial charge in [-0.3, -0.25) is 0 Å². The minimum atomic E-state index is -0.319. The van der Waals surface area contributed by atoms with Gasteiger partial charge in [0.25, 0.3) is 0 Å². The summed E-state index contributed by atoms with van der Waals surface area (Å²) in [5.74, 6) is 0.713. The average Bonchev–Trinajstić information content (AvgIpc) is 2.70. The van der Waals surface area contributed by atoms with Crippen LogP contribution in [0.3, 0.4) is 0 Å². The van der Waals surface area contributed by atoms with Crippen LogP contribution in [0.25, 0.3) is 0 Å². The van der Waals surface area contributed by atoms with E-state index in [9.17, 15) is 5.11 Å². The topological polar surface area (TPSA) is 20.2 Å². The second kappa shape index (κ2) is 5.20. The zero-order chi connectivity index (χ0) is 11.5. The molecule has 0 amide bonds. The van der Waals surface area contributed by atoms with Crippen molar-refractivity contribution in [3.63, 3.8) is 0 Å². The van der Waals surface area contributed by atoms with Crippen molar-refractivity contribution in [2.45, 2.75) is 45.1 Å². The summed E-state index contributed by atoms with van der Waals surface area (Å²) in [6.07, 6.45) is 5.81. The predicted octanol–water partition coefficient (Wildman–Crippen LogP) is 4.26. The van der Waals surface area contributed by atoms with Crippen LogP contribution in [0, 0.1) is 12.8 Å². The summed E-state index contributed by atoms with van der Waals surface area (Å²) in [4.78, 5) is 0. The number of hydrogen-bond acceptors (Lipinski definition) is 1. The van der Waals surface area contributed by atoms with Gasteiger partial charge in [-0.1, -0.05) is 43.4 Å². The van der Waals surface area contributed by atoms with Gasteiger partial charge in [0.15, 0.2) is 0 Å². The molecule has 16 heavy (non-hydrogen) atoms. The van der Waals surface area contributed by atoms with Gasteiger partial charge < -0.3 is 5.11 Å². The normalized spacial score (nSPS) is 18.9. The number of benzene rings is 1. The van der Waals surface area contributed by atoms with Crippen LogP contribution in [0.1, 0.15) is 49.3 Å². The van der Waals surface area contributed by atoms with Crippen LogP contribution in [0.4, 0.5) is 0 Å². The third-order valence-electron chi connectivity index (χ3n) is 3.62. The highest BCUT2D eigenvalue weighted by molar-refractivity contribution is 6.30. The Hall–Kier alpha value is -0.530. The van der Waals surface area contributed by atoms with Crippen LogP contribution in [0.5, 0.6) is 0 Å². The number of aryl methyl sites for hydroxylation is 1. The molecule has 1 atom stereocenters. The molecule has 1 aliphatic carbocycles. The molecule has 0 bridgehead atoms. The summed E-state index contributed by atoms with van der Waals surface area (Å²) in [5, 5.41) is 11.0. The Morgan fingerprint density at radius 2 is 2.06 bits per heavy atom. The first-order chi connectivity index (χ1) is 7.66. The molecular weight excluding hydrogens is 220 g/mol. The summed E-state index contributed by atoms with van der Waals surface area (Å²) in [5.41, 5.74) is 2.13. The van der Waals surface area contributed by atoms with E-state index in [2.05, 4.69) is 0 Å². The van der Waals surface area contributed by atoms with Crippen LogP contribution in [-0.4, -0.2) is 5.11 Å². The molecule has 1 saturated carbocycles. The Bertz CT molecular complexity index is 356. The van der Waals surface area contributed by atoms with Crippen molar-refractivity contribution < 1.29 is 5.11 Å². The summed E-state index contributed by atoms with van der Waals surface area (Å²) in [6.45, 7) is 2.01. The largest absolute Gasteiger partial charge is 0.388 e. The third kappa shape index (κ3) is 2.78. The first-order valence-corrected chi connectivity index (χ1v) is 6.48. The van der Waals surface area contributed by atoms with Gasteiger partial charge >= 0.3 is 0 Å². The monoisotopic (exact) mass is 238 g/mol. The molecule has 1 aromatic rings. The lowest BCUT2D eigenvalue weighted by atomic mass is 9.93. The second-order valence-corrected chi connectivity index (χ2v) is 5.34. The van der Waals surface area contributed by atoms with E-state index >= 15 is 0 Å². The van der Waals surface area contributed by atoms with Crippen LogP contribution in [0.2, 0.25) is 5.02 Å². The molecule has 1 N–H and O–H groups in total. The SMILES string of the molecule is Cc1cc(Cl)ccc1C(O)CC1CCCC1. The van der Waals surface area contributed by atoms with Crippen LogP contribution in [-0.2, 0) is 0 Å². The molecule has 2 rings (SSSR count). The number of aliphatic hydroxyl groups excluding tert-OH is 1. The molecule has 0 radical (unpaired) electrons. The van der Waals surface area contributed by atoms with Crippen LogP contribution >= 0.6 is 11.6 Å². The molecule has 1 fully saturated rings. The highest BCUT2D eigenvalue weighted by atomic mass is 35.5. The lowest BCUT2D eigenvalue weighted by Crippen LogP contribution is -2.05. The van der Waals surface area contributed by atoms with Gasteiger partial charge in [0.2, 0.25) is 0 Å². The van der Waals surface area contributed by atoms with E-state index in [1.165, 1.54) is 25.7 Å². The van der Waals surface area contributed by atoms with Crippen molar-refractivity contribution in [3.05, 3.63) is 34.3 Å². The van der Waals surface area contributed by atoms with Gasteiger partial charge in [-0.05, 0) is 42.5 Å². The molecule has 88 valence electrons. The molecular formula is C14H19ClO. The molecule has 1 aliphatic rings. The number of hydrogen-bond donors (Lipinski definition) is 1. The second-order valence-electron chi connectivity index (χ2n) is 4.90. The highest BCUT2D eigenvalue weighted by Gasteiger charge is 2.20. The van der Waals surface area contributed by atoms with Gasteiger partial charge in [-0.2, -0.15) is 0 Å². The number of rotatable bonds is 3. The molecule has 1 unspecified atom stereocenters. The molecule has 2 heteroatoms. The maximum Gasteiger partial charge on any atom is 0.0795 e. The fourth-order valence-electron chi connectivity index (χ4n) is 2.70. The van der Waals surface area contributed by atoms with Gasteiger partial charge in [0.05, 0.1) is 6.10 Å². The standard InChI is InChI=1S/C14H19ClO/c1-10-8-12(15)6-7-13(10)14(16)9-11-4-2-3-5-11/h6-8,11,14,16H,2-5,9H2,1H3. The summed E-state index contributed by atoms with van der Waals surface area (Å²) < 4.78 is 0. The van der Waals surface area contributed by atoms with Crippen molar-refractivity contribution in [1.82, 2.24) is 0 Å². The Morgan fingerprint density at radius 3 is 2.69 bits per heavy atom. The highest BCUT2D eigenvalue weighted by Crippen LogP contribution is 2.34. The van der Waals surface area contributed by atoms with Crippen molar-refractivity contribution in [1.29, 1.82) is 0 Å². The average molecular weight is 239 g/mol. The van der Waals surface area contributed by atoms with E-state index in [1.807, 2.05) is 25.1 Å². The Labute approximate surface area is 102 Å². The van der Waals surface area contributed by atoms with E-state index < -0.39 is 0 Å².